The Hall–Kier alpha value is -3.32. The summed E-state index contributed by atoms with van der Waals surface area (Å²) in [7, 11) is 0. The van der Waals surface area contributed by atoms with Crippen LogP contribution in [0.25, 0.3) is 5.57 Å². The van der Waals surface area contributed by atoms with Gasteiger partial charge in [0.05, 0.1) is 17.8 Å². The van der Waals surface area contributed by atoms with Gasteiger partial charge in [0.25, 0.3) is 11.8 Å². The molecule has 2 amide bonds. The van der Waals surface area contributed by atoms with E-state index in [1.165, 1.54) is 40.5 Å². The quantitative estimate of drug-likeness (QED) is 0.687. The van der Waals surface area contributed by atoms with Gasteiger partial charge < -0.3 is 5.32 Å². The van der Waals surface area contributed by atoms with Crippen LogP contribution in [-0.2, 0) is 16.1 Å². The van der Waals surface area contributed by atoms with E-state index in [4.69, 9.17) is 0 Å². The van der Waals surface area contributed by atoms with E-state index >= 15 is 0 Å². The molecule has 7 heteroatoms. The Morgan fingerprint density at radius 1 is 1.00 bits per heavy atom. The molecule has 2 aromatic heterocycles. The molecule has 0 fully saturated rings. The summed E-state index contributed by atoms with van der Waals surface area (Å²) in [5.74, 6) is -1.19. The molecule has 3 heterocycles. The van der Waals surface area contributed by atoms with E-state index in [1.807, 2.05) is 11.4 Å². The van der Waals surface area contributed by atoms with Gasteiger partial charge >= 0.3 is 0 Å². The van der Waals surface area contributed by atoms with Gasteiger partial charge in [-0.25, -0.2) is 4.39 Å². The zero-order valence-corrected chi connectivity index (χ0v) is 14.9. The summed E-state index contributed by atoms with van der Waals surface area (Å²) in [6.07, 6.45) is 1.62. The Morgan fingerprint density at radius 2 is 1.81 bits per heavy atom. The number of benzene rings is 1. The molecule has 4 rings (SSSR count). The molecule has 1 aliphatic heterocycles. The van der Waals surface area contributed by atoms with Gasteiger partial charge in [0.2, 0.25) is 0 Å². The summed E-state index contributed by atoms with van der Waals surface area (Å²) in [4.78, 5) is 32.0. The van der Waals surface area contributed by atoms with Crippen molar-refractivity contribution in [1.82, 2.24) is 9.88 Å². The molecule has 0 bridgehead atoms. The smallest absolute Gasteiger partial charge is 0.278 e. The third kappa shape index (κ3) is 3.37. The number of rotatable bonds is 5. The lowest BCUT2D eigenvalue weighted by molar-refractivity contribution is -0.137. The minimum Gasteiger partial charge on any atom is -0.350 e. The maximum Gasteiger partial charge on any atom is 0.278 e. The number of halogens is 1. The summed E-state index contributed by atoms with van der Waals surface area (Å²) in [5.41, 5.74) is 1.65. The van der Waals surface area contributed by atoms with Crippen LogP contribution in [-0.4, -0.2) is 21.7 Å². The van der Waals surface area contributed by atoms with Crippen LogP contribution in [0, 0.1) is 5.82 Å². The van der Waals surface area contributed by atoms with Crippen molar-refractivity contribution in [2.45, 2.75) is 6.54 Å². The molecule has 0 unspecified atom stereocenters. The molecule has 1 aliphatic rings. The van der Waals surface area contributed by atoms with E-state index in [9.17, 15) is 14.0 Å². The van der Waals surface area contributed by atoms with E-state index in [2.05, 4.69) is 10.3 Å². The van der Waals surface area contributed by atoms with Crippen LogP contribution in [0.15, 0.2) is 71.9 Å². The van der Waals surface area contributed by atoms with Crippen LogP contribution < -0.4 is 5.32 Å². The minimum absolute atomic E-state index is 0.0853. The first-order chi connectivity index (χ1) is 13.1. The van der Waals surface area contributed by atoms with Crippen LogP contribution in [0.1, 0.15) is 10.6 Å². The van der Waals surface area contributed by atoms with Gasteiger partial charge in [0, 0.05) is 16.8 Å². The molecule has 0 radical (unpaired) electrons. The molecule has 5 nitrogen and oxygen atoms in total. The van der Waals surface area contributed by atoms with Crippen molar-refractivity contribution in [3.05, 3.63) is 88.3 Å². The number of aromatic nitrogens is 1. The van der Waals surface area contributed by atoms with Gasteiger partial charge in [0.1, 0.15) is 11.5 Å². The Labute approximate surface area is 158 Å². The fourth-order valence-corrected chi connectivity index (χ4v) is 3.58. The highest BCUT2D eigenvalue weighted by Crippen LogP contribution is 2.33. The predicted molar refractivity (Wildman–Crippen MR) is 101 cm³/mol. The molecular weight excluding hydrogens is 365 g/mol. The number of carbonyl (C=O) groups is 2. The second-order valence-electron chi connectivity index (χ2n) is 5.88. The van der Waals surface area contributed by atoms with Crippen LogP contribution in [0.2, 0.25) is 0 Å². The third-order valence-corrected chi connectivity index (χ3v) is 4.98. The van der Waals surface area contributed by atoms with Gasteiger partial charge in [-0.2, -0.15) is 0 Å². The van der Waals surface area contributed by atoms with Gasteiger partial charge in [-0.1, -0.05) is 12.1 Å². The molecule has 1 N–H and O–H groups in total. The van der Waals surface area contributed by atoms with E-state index in [0.29, 0.717) is 21.8 Å². The molecule has 1 aromatic carbocycles. The molecule has 0 spiro atoms. The van der Waals surface area contributed by atoms with E-state index in [1.54, 1.807) is 30.5 Å². The molecule has 134 valence electrons. The van der Waals surface area contributed by atoms with Gasteiger partial charge in [-0.15, -0.1) is 11.3 Å². The molecule has 3 aromatic rings. The molecule has 0 atom stereocenters. The molecular formula is C20H14FN3O2S. The van der Waals surface area contributed by atoms with Crippen LogP contribution in [0.4, 0.5) is 10.1 Å². The number of hydrogen-bond donors (Lipinski definition) is 1. The number of thiophene rings is 1. The molecule has 0 saturated heterocycles. The number of pyridine rings is 1. The van der Waals surface area contributed by atoms with E-state index in [-0.39, 0.29) is 24.0 Å². The first-order valence-electron chi connectivity index (χ1n) is 8.20. The fourth-order valence-electron chi connectivity index (χ4n) is 2.82. The Balaban J connectivity index is 1.70. The summed E-state index contributed by atoms with van der Waals surface area (Å²) < 4.78 is 13.2. The van der Waals surface area contributed by atoms with Crippen molar-refractivity contribution >= 4 is 34.4 Å². The highest BCUT2D eigenvalue weighted by molar-refractivity contribution is 7.11. The zero-order valence-electron chi connectivity index (χ0n) is 14.1. The molecule has 0 aliphatic carbocycles. The minimum atomic E-state index is -0.432. The number of imide groups is 1. The Morgan fingerprint density at radius 3 is 2.48 bits per heavy atom. The number of hydrogen-bond acceptors (Lipinski definition) is 5. The first-order valence-corrected chi connectivity index (χ1v) is 9.08. The number of nitrogens with one attached hydrogen (secondary N) is 1. The van der Waals surface area contributed by atoms with Gasteiger partial charge in [-0.3, -0.25) is 19.5 Å². The Kier molecular flexibility index (Phi) is 4.52. The Bertz CT molecular complexity index is 1020. The largest absolute Gasteiger partial charge is 0.350 e. The highest BCUT2D eigenvalue weighted by atomic mass is 32.1. The van der Waals surface area contributed by atoms with E-state index < -0.39 is 5.91 Å². The summed E-state index contributed by atoms with van der Waals surface area (Å²) in [6, 6.07) is 14.6. The normalized spacial score (nSPS) is 14.2. The average molecular weight is 379 g/mol. The summed E-state index contributed by atoms with van der Waals surface area (Å²) in [5, 5.41) is 4.83. The topological polar surface area (TPSA) is 62.3 Å². The average Bonchev–Trinajstić information content (AvgIpc) is 3.28. The molecule has 27 heavy (non-hydrogen) atoms. The van der Waals surface area contributed by atoms with Crippen LogP contribution in [0.5, 0.6) is 0 Å². The second kappa shape index (κ2) is 7.13. The van der Waals surface area contributed by atoms with Crippen molar-refractivity contribution in [3.63, 3.8) is 0 Å². The number of amides is 2. The van der Waals surface area contributed by atoms with Crippen molar-refractivity contribution in [2.75, 3.05) is 5.32 Å². The fraction of sp³-hybridized carbons (Fsp3) is 0.0500. The number of carbonyl (C=O) groups excluding carboxylic acids is 2. The maximum atomic E-state index is 13.2. The maximum absolute atomic E-state index is 13.2. The van der Waals surface area contributed by atoms with Crippen LogP contribution >= 0.6 is 11.3 Å². The third-order valence-electron chi connectivity index (χ3n) is 4.10. The lowest BCUT2D eigenvalue weighted by Gasteiger charge is -2.14. The van der Waals surface area contributed by atoms with Crippen LogP contribution in [0.3, 0.4) is 0 Å². The lowest BCUT2D eigenvalue weighted by atomic mass is 10.2. The SMILES string of the molecule is O=C1C(Nc2ccc(F)cc2)=C(c2cccs2)C(=O)N1Cc1ccccn1. The summed E-state index contributed by atoms with van der Waals surface area (Å²) in [6.45, 7) is 0.0853. The van der Waals surface area contributed by atoms with Gasteiger partial charge in [-0.05, 0) is 47.8 Å². The standard InChI is InChI=1S/C20H14FN3O2S/c21-13-6-8-14(9-7-13)23-18-17(16-5-3-11-27-16)19(25)24(20(18)26)12-15-4-1-2-10-22-15/h1-11,23H,12H2. The lowest BCUT2D eigenvalue weighted by Crippen LogP contribution is -2.32. The monoisotopic (exact) mass is 379 g/mol. The predicted octanol–water partition coefficient (Wildman–Crippen LogP) is 3.67. The zero-order chi connectivity index (χ0) is 18.8. The van der Waals surface area contributed by atoms with Crippen molar-refractivity contribution in [1.29, 1.82) is 0 Å². The molecule has 0 saturated carbocycles. The van der Waals surface area contributed by atoms with Crippen molar-refractivity contribution < 1.29 is 14.0 Å². The summed E-state index contributed by atoms with van der Waals surface area (Å²) >= 11 is 1.38. The number of nitrogens with zero attached hydrogens (tertiary/aromatic N) is 2. The van der Waals surface area contributed by atoms with E-state index in [0.717, 1.165) is 0 Å². The first kappa shape index (κ1) is 17.1. The van der Waals surface area contributed by atoms with Crippen molar-refractivity contribution in [3.8, 4) is 0 Å². The second-order valence-corrected chi connectivity index (χ2v) is 6.82. The van der Waals surface area contributed by atoms with Gasteiger partial charge in [0.15, 0.2) is 0 Å². The number of anilines is 1. The van der Waals surface area contributed by atoms with Crippen molar-refractivity contribution in [2.24, 2.45) is 0 Å². The highest BCUT2D eigenvalue weighted by Gasteiger charge is 2.39.